The highest BCUT2D eigenvalue weighted by atomic mass is 79.9. The van der Waals surface area contributed by atoms with Crippen molar-refractivity contribution in [3.05, 3.63) is 64.4 Å². The molecule has 0 atom stereocenters. The molecule has 3 aromatic rings. The van der Waals surface area contributed by atoms with Gasteiger partial charge >= 0.3 is 0 Å². The van der Waals surface area contributed by atoms with Crippen molar-refractivity contribution < 1.29 is 4.79 Å². The van der Waals surface area contributed by atoms with Crippen molar-refractivity contribution in [1.29, 1.82) is 0 Å². The Hall–Kier alpha value is -2.12. The van der Waals surface area contributed by atoms with Crippen LogP contribution in [0.3, 0.4) is 0 Å². The van der Waals surface area contributed by atoms with Crippen molar-refractivity contribution in [3.63, 3.8) is 0 Å². The Morgan fingerprint density at radius 3 is 2.59 bits per heavy atom. The lowest BCUT2D eigenvalue weighted by atomic mass is 10.1. The van der Waals surface area contributed by atoms with Crippen LogP contribution < -0.4 is 5.32 Å². The second-order valence-electron chi connectivity index (χ2n) is 6.55. The molecule has 1 aromatic heterocycles. The Labute approximate surface area is 171 Å². The number of aryl methyl sites for hydroxylation is 1. The number of para-hydroxylation sites is 1. The molecule has 2 aromatic carbocycles. The number of carbonyl (C=O) groups excluding carboxylic acids is 1. The van der Waals surface area contributed by atoms with Crippen LogP contribution in [-0.2, 0) is 11.3 Å². The van der Waals surface area contributed by atoms with E-state index in [1.54, 1.807) is 0 Å². The summed E-state index contributed by atoms with van der Waals surface area (Å²) in [4.78, 5) is 17.5. The van der Waals surface area contributed by atoms with Gasteiger partial charge in [-0.1, -0.05) is 55.8 Å². The lowest BCUT2D eigenvalue weighted by Crippen LogP contribution is -2.18. The van der Waals surface area contributed by atoms with Crippen molar-refractivity contribution >= 4 is 39.3 Å². The van der Waals surface area contributed by atoms with Gasteiger partial charge in [-0.15, -0.1) is 5.10 Å². The first kappa shape index (κ1) is 19.6. The Balaban J connectivity index is 1.84. The summed E-state index contributed by atoms with van der Waals surface area (Å²) in [6.07, 6.45) is 0. The summed E-state index contributed by atoms with van der Waals surface area (Å²) in [5, 5.41) is 8.20. The van der Waals surface area contributed by atoms with Gasteiger partial charge in [-0.2, -0.15) is 4.98 Å². The van der Waals surface area contributed by atoms with Crippen LogP contribution in [0.15, 0.2) is 63.3 Å². The zero-order valence-electron chi connectivity index (χ0n) is 15.4. The summed E-state index contributed by atoms with van der Waals surface area (Å²) in [7, 11) is 0. The van der Waals surface area contributed by atoms with Gasteiger partial charge in [0.2, 0.25) is 10.6 Å². The van der Waals surface area contributed by atoms with E-state index in [-0.39, 0.29) is 11.8 Å². The minimum absolute atomic E-state index is 0.00893. The molecule has 27 heavy (non-hydrogen) atoms. The van der Waals surface area contributed by atoms with E-state index in [0.717, 1.165) is 21.3 Å². The average molecular weight is 445 g/mol. The normalized spacial score (nSPS) is 11.0. The second kappa shape index (κ2) is 8.71. The van der Waals surface area contributed by atoms with Crippen LogP contribution in [0.5, 0.6) is 0 Å². The lowest BCUT2D eigenvalue weighted by molar-refractivity contribution is -0.118. The minimum Gasteiger partial charge on any atom is -0.325 e. The maximum absolute atomic E-state index is 12.1. The van der Waals surface area contributed by atoms with Gasteiger partial charge in [-0.25, -0.2) is 4.68 Å². The van der Waals surface area contributed by atoms with Crippen LogP contribution in [0.2, 0.25) is 0 Å². The third-order valence-corrected chi connectivity index (χ3v) is 5.33. The standard InChI is InChI=1S/C20H21BrN4OS/c1-13(2)18(26)22-16-6-4-5-7-17(16)27-20-23-19(21)24-25(20)12-15-10-8-14(3)9-11-15/h4-11,13H,12H2,1-3H3,(H,22,26). The third-order valence-electron chi connectivity index (χ3n) is 3.94. The van der Waals surface area contributed by atoms with E-state index in [2.05, 4.69) is 62.5 Å². The minimum atomic E-state index is -0.0811. The first-order valence-electron chi connectivity index (χ1n) is 8.66. The van der Waals surface area contributed by atoms with Gasteiger partial charge < -0.3 is 5.32 Å². The number of carbonyl (C=O) groups is 1. The van der Waals surface area contributed by atoms with Crippen molar-refractivity contribution in [1.82, 2.24) is 14.8 Å². The fourth-order valence-electron chi connectivity index (χ4n) is 2.38. The fourth-order valence-corrected chi connectivity index (χ4v) is 3.77. The van der Waals surface area contributed by atoms with Gasteiger partial charge in [0, 0.05) is 10.8 Å². The van der Waals surface area contributed by atoms with E-state index in [0.29, 0.717) is 11.3 Å². The summed E-state index contributed by atoms with van der Waals surface area (Å²) in [6, 6.07) is 16.1. The highest BCUT2D eigenvalue weighted by Gasteiger charge is 2.15. The Kier molecular flexibility index (Phi) is 6.34. The molecule has 0 aliphatic heterocycles. The molecule has 1 amide bonds. The maximum Gasteiger partial charge on any atom is 0.226 e. The van der Waals surface area contributed by atoms with Gasteiger partial charge in [-0.3, -0.25) is 4.79 Å². The van der Waals surface area contributed by atoms with E-state index in [4.69, 9.17) is 0 Å². The topological polar surface area (TPSA) is 59.8 Å². The van der Waals surface area contributed by atoms with Crippen molar-refractivity contribution in [2.24, 2.45) is 5.92 Å². The summed E-state index contributed by atoms with van der Waals surface area (Å²) < 4.78 is 2.40. The number of benzene rings is 2. The molecular formula is C20H21BrN4OS. The molecule has 0 aliphatic carbocycles. The Bertz CT molecular complexity index is 937. The molecule has 5 nitrogen and oxygen atoms in total. The summed E-state index contributed by atoms with van der Waals surface area (Å²) in [5.41, 5.74) is 3.16. The number of aromatic nitrogens is 3. The quantitative estimate of drug-likeness (QED) is 0.571. The van der Waals surface area contributed by atoms with Crippen molar-refractivity contribution in [2.75, 3.05) is 5.32 Å². The van der Waals surface area contributed by atoms with E-state index < -0.39 is 0 Å². The maximum atomic E-state index is 12.1. The van der Waals surface area contributed by atoms with Crippen LogP contribution >= 0.6 is 27.7 Å². The predicted octanol–water partition coefficient (Wildman–Crippen LogP) is 5.14. The number of nitrogens with one attached hydrogen (secondary N) is 1. The number of nitrogens with zero attached hydrogens (tertiary/aromatic N) is 3. The van der Waals surface area contributed by atoms with Crippen LogP contribution in [0.4, 0.5) is 5.69 Å². The highest BCUT2D eigenvalue weighted by molar-refractivity contribution is 9.10. The zero-order chi connectivity index (χ0) is 19.4. The summed E-state index contributed by atoms with van der Waals surface area (Å²) >= 11 is 4.86. The second-order valence-corrected chi connectivity index (χ2v) is 8.27. The first-order chi connectivity index (χ1) is 12.9. The Morgan fingerprint density at radius 1 is 1.19 bits per heavy atom. The number of halogens is 1. The lowest BCUT2D eigenvalue weighted by Gasteiger charge is -2.12. The first-order valence-corrected chi connectivity index (χ1v) is 10.3. The molecule has 1 heterocycles. The van der Waals surface area contributed by atoms with Crippen molar-refractivity contribution in [2.45, 2.75) is 37.4 Å². The molecule has 1 N–H and O–H groups in total. The summed E-state index contributed by atoms with van der Waals surface area (Å²) in [6.45, 7) is 6.45. The molecule has 0 saturated carbocycles. The molecule has 0 fully saturated rings. The van der Waals surface area contributed by atoms with Crippen LogP contribution in [-0.4, -0.2) is 20.7 Å². The number of hydrogen-bond donors (Lipinski definition) is 1. The third kappa shape index (κ3) is 5.20. The number of hydrogen-bond acceptors (Lipinski definition) is 4. The van der Waals surface area contributed by atoms with Crippen LogP contribution in [0, 0.1) is 12.8 Å². The average Bonchev–Trinajstić information content (AvgIpc) is 2.97. The highest BCUT2D eigenvalue weighted by Crippen LogP contribution is 2.33. The van der Waals surface area contributed by atoms with E-state index in [1.165, 1.54) is 17.3 Å². The molecule has 140 valence electrons. The van der Waals surface area contributed by atoms with Gasteiger partial charge in [0.15, 0.2) is 5.16 Å². The van der Waals surface area contributed by atoms with E-state index >= 15 is 0 Å². The smallest absolute Gasteiger partial charge is 0.226 e. The molecule has 7 heteroatoms. The molecular weight excluding hydrogens is 424 g/mol. The fraction of sp³-hybridized carbons (Fsp3) is 0.250. The molecule has 0 aliphatic rings. The van der Waals surface area contributed by atoms with Gasteiger partial charge in [0.05, 0.1) is 12.2 Å². The molecule has 0 saturated heterocycles. The Morgan fingerprint density at radius 2 is 1.89 bits per heavy atom. The largest absolute Gasteiger partial charge is 0.325 e. The van der Waals surface area contributed by atoms with Crippen LogP contribution in [0.1, 0.15) is 25.0 Å². The van der Waals surface area contributed by atoms with E-state index in [1.807, 2.05) is 42.8 Å². The summed E-state index contributed by atoms with van der Waals surface area (Å²) in [5.74, 6) is -0.0901. The number of rotatable bonds is 6. The zero-order valence-corrected chi connectivity index (χ0v) is 17.8. The van der Waals surface area contributed by atoms with Gasteiger partial charge in [0.25, 0.3) is 0 Å². The molecule has 3 rings (SSSR count). The molecule has 0 spiro atoms. The van der Waals surface area contributed by atoms with Gasteiger partial charge in [-0.05, 0) is 52.3 Å². The van der Waals surface area contributed by atoms with Crippen LogP contribution in [0.25, 0.3) is 0 Å². The predicted molar refractivity (Wildman–Crippen MR) is 112 cm³/mol. The molecule has 0 bridgehead atoms. The molecule has 0 radical (unpaired) electrons. The monoisotopic (exact) mass is 444 g/mol. The SMILES string of the molecule is Cc1ccc(Cn2nc(Br)nc2Sc2ccccc2NC(=O)C(C)C)cc1. The number of amides is 1. The van der Waals surface area contributed by atoms with Crippen molar-refractivity contribution in [3.8, 4) is 0 Å². The molecule has 0 unspecified atom stereocenters. The van der Waals surface area contributed by atoms with Gasteiger partial charge in [0.1, 0.15) is 0 Å². The number of anilines is 1. The van der Waals surface area contributed by atoms with E-state index in [9.17, 15) is 4.79 Å².